The lowest BCUT2D eigenvalue weighted by molar-refractivity contribution is 0.312. The number of hydrogen-bond donors (Lipinski definition) is 1. The van der Waals surface area contributed by atoms with Crippen LogP contribution in [0.4, 0.5) is 11.9 Å². The van der Waals surface area contributed by atoms with E-state index >= 15 is 0 Å². The van der Waals surface area contributed by atoms with Crippen LogP contribution in [0.1, 0.15) is 26.2 Å². The molecule has 6 heteroatoms. The average molecular weight is 263 g/mol. The van der Waals surface area contributed by atoms with Gasteiger partial charge in [0, 0.05) is 20.1 Å². The predicted octanol–water partition coefficient (Wildman–Crippen LogP) is 1.55. The smallest absolute Gasteiger partial charge is 0.323 e. The Labute approximate surface area is 113 Å². The van der Waals surface area contributed by atoms with Crippen LogP contribution in [-0.2, 0) is 0 Å². The zero-order chi connectivity index (χ0) is 13.2. The summed E-state index contributed by atoms with van der Waals surface area (Å²) in [4.78, 5) is 15.4. The van der Waals surface area contributed by atoms with Gasteiger partial charge in [0.05, 0.1) is 6.61 Å². The molecular formula is C13H21N5O. The second kappa shape index (κ2) is 5.19. The fraction of sp³-hybridized carbons (Fsp3) is 0.769. The summed E-state index contributed by atoms with van der Waals surface area (Å²) in [6.45, 7) is 4.65. The molecule has 2 unspecified atom stereocenters. The van der Waals surface area contributed by atoms with E-state index in [0.29, 0.717) is 18.6 Å². The second-order valence-corrected chi connectivity index (χ2v) is 5.28. The molecule has 0 aromatic carbocycles. The summed E-state index contributed by atoms with van der Waals surface area (Å²) in [5.74, 6) is 2.97. The maximum Gasteiger partial charge on any atom is 0.323 e. The predicted molar refractivity (Wildman–Crippen MR) is 73.6 cm³/mol. The van der Waals surface area contributed by atoms with Crippen LogP contribution < -0.4 is 15.0 Å². The zero-order valence-corrected chi connectivity index (χ0v) is 11.6. The summed E-state index contributed by atoms with van der Waals surface area (Å²) in [5.41, 5.74) is 0. The molecule has 0 spiro atoms. The molecule has 1 aromatic rings. The molecule has 104 valence electrons. The van der Waals surface area contributed by atoms with Crippen molar-refractivity contribution in [2.45, 2.75) is 26.2 Å². The molecule has 0 amide bonds. The van der Waals surface area contributed by atoms with Crippen LogP contribution in [0, 0.1) is 11.8 Å². The Bertz CT molecular complexity index is 441. The molecule has 2 atom stereocenters. The van der Waals surface area contributed by atoms with E-state index in [4.69, 9.17) is 4.74 Å². The third-order valence-corrected chi connectivity index (χ3v) is 4.11. The molecule has 1 saturated heterocycles. The summed E-state index contributed by atoms with van der Waals surface area (Å²) in [7, 11) is 1.81. The van der Waals surface area contributed by atoms with Crippen molar-refractivity contribution in [1.82, 2.24) is 15.0 Å². The minimum atomic E-state index is 0.411. The first-order valence-corrected chi connectivity index (χ1v) is 7.11. The lowest BCUT2D eigenvalue weighted by atomic mass is 10.0. The van der Waals surface area contributed by atoms with Crippen LogP contribution in [-0.4, -0.2) is 41.7 Å². The molecule has 19 heavy (non-hydrogen) atoms. The van der Waals surface area contributed by atoms with Gasteiger partial charge in [-0.05, 0) is 31.6 Å². The summed E-state index contributed by atoms with van der Waals surface area (Å²) in [5, 5.41) is 2.97. The first-order valence-electron chi connectivity index (χ1n) is 7.11. The Morgan fingerprint density at radius 1 is 1.21 bits per heavy atom. The van der Waals surface area contributed by atoms with Crippen molar-refractivity contribution < 1.29 is 4.74 Å². The van der Waals surface area contributed by atoms with Gasteiger partial charge in [0.25, 0.3) is 0 Å². The number of ether oxygens (including phenoxy) is 1. The van der Waals surface area contributed by atoms with Gasteiger partial charge in [-0.2, -0.15) is 15.0 Å². The van der Waals surface area contributed by atoms with E-state index in [1.807, 2.05) is 14.0 Å². The van der Waals surface area contributed by atoms with Crippen molar-refractivity contribution in [2.75, 3.05) is 37.0 Å². The quantitative estimate of drug-likeness (QED) is 0.889. The largest absolute Gasteiger partial charge is 0.464 e. The fourth-order valence-electron chi connectivity index (χ4n) is 3.19. The van der Waals surface area contributed by atoms with Crippen LogP contribution in [0.5, 0.6) is 6.01 Å². The monoisotopic (exact) mass is 263 g/mol. The number of anilines is 2. The van der Waals surface area contributed by atoms with Crippen molar-refractivity contribution in [3.63, 3.8) is 0 Å². The normalized spacial score (nSPS) is 25.5. The molecule has 1 saturated carbocycles. The molecule has 3 rings (SSSR count). The Morgan fingerprint density at radius 3 is 2.58 bits per heavy atom. The maximum absolute atomic E-state index is 5.41. The lowest BCUT2D eigenvalue weighted by Gasteiger charge is -2.18. The number of fused-ring (bicyclic) bond motifs is 1. The number of aromatic nitrogens is 3. The highest BCUT2D eigenvalue weighted by atomic mass is 16.5. The van der Waals surface area contributed by atoms with Gasteiger partial charge in [-0.1, -0.05) is 6.42 Å². The highest BCUT2D eigenvalue weighted by molar-refractivity contribution is 5.39. The molecule has 1 N–H and O–H groups in total. The highest BCUT2D eigenvalue weighted by Gasteiger charge is 2.37. The van der Waals surface area contributed by atoms with E-state index in [1.54, 1.807) is 0 Å². The fourth-order valence-corrected chi connectivity index (χ4v) is 3.19. The summed E-state index contributed by atoms with van der Waals surface area (Å²) in [6.07, 6.45) is 4.08. The second-order valence-electron chi connectivity index (χ2n) is 5.28. The van der Waals surface area contributed by atoms with Crippen LogP contribution in [0.25, 0.3) is 0 Å². The Kier molecular flexibility index (Phi) is 3.40. The van der Waals surface area contributed by atoms with Crippen molar-refractivity contribution in [3.05, 3.63) is 0 Å². The third kappa shape index (κ3) is 2.43. The van der Waals surface area contributed by atoms with Gasteiger partial charge >= 0.3 is 6.01 Å². The zero-order valence-electron chi connectivity index (χ0n) is 11.6. The van der Waals surface area contributed by atoms with Gasteiger partial charge in [0.2, 0.25) is 11.9 Å². The third-order valence-electron chi connectivity index (χ3n) is 4.11. The molecule has 0 bridgehead atoms. The van der Waals surface area contributed by atoms with Gasteiger partial charge in [-0.3, -0.25) is 0 Å². The molecular weight excluding hydrogens is 242 g/mol. The number of rotatable bonds is 4. The van der Waals surface area contributed by atoms with Crippen LogP contribution in [0.3, 0.4) is 0 Å². The first kappa shape index (κ1) is 12.4. The van der Waals surface area contributed by atoms with Crippen molar-refractivity contribution in [3.8, 4) is 6.01 Å². The topological polar surface area (TPSA) is 63.2 Å². The SMILES string of the molecule is CCOc1nc(NC)nc(N2CC3CCCC3C2)n1. The Hall–Kier alpha value is -1.59. The Balaban J connectivity index is 1.81. The van der Waals surface area contributed by atoms with E-state index in [1.165, 1.54) is 19.3 Å². The van der Waals surface area contributed by atoms with Crippen molar-refractivity contribution in [2.24, 2.45) is 11.8 Å². The van der Waals surface area contributed by atoms with Gasteiger partial charge in [0.1, 0.15) is 0 Å². The number of hydrogen-bond acceptors (Lipinski definition) is 6. The number of nitrogens with one attached hydrogen (secondary N) is 1. The van der Waals surface area contributed by atoms with Gasteiger partial charge in [-0.25, -0.2) is 0 Å². The van der Waals surface area contributed by atoms with Crippen LogP contribution >= 0.6 is 0 Å². The van der Waals surface area contributed by atoms with Crippen LogP contribution in [0.15, 0.2) is 0 Å². The molecule has 1 aromatic heterocycles. The van der Waals surface area contributed by atoms with Gasteiger partial charge in [-0.15, -0.1) is 0 Å². The molecule has 1 aliphatic heterocycles. The first-order chi connectivity index (χ1) is 9.30. The Morgan fingerprint density at radius 2 is 1.95 bits per heavy atom. The maximum atomic E-state index is 5.41. The molecule has 2 aliphatic rings. The minimum absolute atomic E-state index is 0.411. The highest BCUT2D eigenvalue weighted by Crippen LogP contribution is 2.38. The lowest BCUT2D eigenvalue weighted by Crippen LogP contribution is -2.24. The summed E-state index contributed by atoms with van der Waals surface area (Å²) < 4.78 is 5.41. The molecule has 1 aliphatic carbocycles. The molecule has 2 fully saturated rings. The van der Waals surface area contributed by atoms with Crippen LogP contribution in [0.2, 0.25) is 0 Å². The number of nitrogens with zero attached hydrogens (tertiary/aromatic N) is 4. The average Bonchev–Trinajstić information content (AvgIpc) is 2.99. The molecule has 0 radical (unpaired) electrons. The van der Waals surface area contributed by atoms with E-state index in [9.17, 15) is 0 Å². The van der Waals surface area contributed by atoms with E-state index in [2.05, 4.69) is 25.2 Å². The standard InChI is InChI=1S/C13H21N5O/c1-3-19-13-16-11(14-2)15-12(17-13)18-7-9-5-4-6-10(9)8-18/h9-10H,3-8H2,1-2H3,(H,14,15,16,17). The van der Waals surface area contributed by atoms with Gasteiger partial charge in [0.15, 0.2) is 0 Å². The van der Waals surface area contributed by atoms with Gasteiger partial charge < -0.3 is 15.0 Å². The summed E-state index contributed by atoms with van der Waals surface area (Å²) >= 11 is 0. The van der Waals surface area contributed by atoms with E-state index in [-0.39, 0.29) is 0 Å². The summed E-state index contributed by atoms with van der Waals surface area (Å²) in [6, 6.07) is 0.411. The van der Waals surface area contributed by atoms with Crippen molar-refractivity contribution >= 4 is 11.9 Å². The molecule has 2 heterocycles. The van der Waals surface area contributed by atoms with E-state index < -0.39 is 0 Å². The van der Waals surface area contributed by atoms with E-state index in [0.717, 1.165) is 30.9 Å². The van der Waals surface area contributed by atoms with Crippen molar-refractivity contribution in [1.29, 1.82) is 0 Å². The molecule has 6 nitrogen and oxygen atoms in total. The minimum Gasteiger partial charge on any atom is -0.464 e.